The first kappa shape index (κ1) is 10.9. The number of aromatic nitrogens is 1. The van der Waals surface area contributed by atoms with Crippen molar-refractivity contribution in [3.63, 3.8) is 0 Å². The van der Waals surface area contributed by atoms with E-state index in [-0.39, 0.29) is 6.04 Å². The lowest BCUT2D eigenvalue weighted by Crippen LogP contribution is -2.11. The van der Waals surface area contributed by atoms with Crippen LogP contribution in [0.1, 0.15) is 16.5 Å². The first-order valence-electron chi connectivity index (χ1n) is 5.44. The van der Waals surface area contributed by atoms with Gasteiger partial charge in [-0.1, -0.05) is 6.07 Å². The van der Waals surface area contributed by atoms with Gasteiger partial charge in [0.1, 0.15) is 0 Å². The van der Waals surface area contributed by atoms with E-state index in [2.05, 4.69) is 28.6 Å². The number of hydrogen-bond donors (Lipinski definition) is 1. The van der Waals surface area contributed by atoms with Gasteiger partial charge in [0, 0.05) is 32.7 Å². The summed E-state index contributed by atoms with van der Waals surface area (Å²) in [6.07, 6.45) is 4.52. The molecule has 2 nitrogen and oxygen atoms in total. The molecule has 0 fully saturated rings. The fourth-order valence-corrected chi connectivity index (χ4v) is 3.96. The van der Waals surface area contributed by atoms with Gasteiger partial charge in [-0.2, -0.15) is 0 Å². The number of pyridine rings is 1. The van der Waals surface area contributed by atoms with Crippen LogP contribution in [0.25, 0.3) is 9.40 Å². The van der Waals surface area contributed by atoms with Gasteiger partial charge in [-0.15, -0.1) is 22.7 Å². The van der Waals surface area contributed by atoms with Crippen LogP contribution in [0.4, 0.5) is 0 Å². The van der Waals surface area contributed by atoms with Crippen LogP contribution in [-0.2, 0) is 6.42 Å². The molecule has 0 amide bonds. The molecule has 3 heterocycles. The Morgan fingerprint density at radius 1 is 1.29 bits per heavy atom. The molecule has 17 heavy (non-hydrogen) atoms. The van der Waals surface area contributed by atoms with Crippen LogP contribution in [0.2, 0.25) is 0 Å². The van der Waals surface area contributed by atoms with E-state index in [0.717, 1.165) is 6.42 Å². The number of thiophene rings is 2. The average Bonchev–Trinajstić information content (AvgIpc) is 2.90. The van der Waals surface area contributed by atoms with Crippen LogP contribution in [0.15, 0.2) is 42.0 Å². The molecule has 3 rings (SSSR count). The highest BCUT2D eigenvalue weighted by Crippen LogP contribution is 2.33. The Labute approximate surface area is 108 Å². The molecule has 0 radical (unpaired) electrons. The molecule has 0 saturated heterocycles. The monoisotopic (exact) mass is 260 g/mol. The van der Waals surface area contributed by atoms with Crippen molar-refractivity contribution in [1.29, 1.82) is 0 Å². The minimum absolute atomic E-state index is 0.0730. The number of fused-ring (bicyclic) bond motifs is 1. The van der Waals surface area contributed by atoms with Gasteiger partial charge in [0.25, 0.3) is 0 Å². The maximum absolute atomic E-state index is 6.24. The van der Waals surface area contributed by atoms with Crippen LogP contribution < -0.4 is 5.73 Å². The van der Waals surface area contributed by atoms with E-state index in [0.29, 0.717) is 0 Å². The Balaban J connectivity index is 1.82. The van der Waals surface area contributed by atoms with Gasteiger partial charge in [0.15, 0.2) is 0 Å². The van der Waals surface area contributed by atoms with E-state index < -0.39 is 0 Å². The molecule has 0 spiro atoms. The predicted octanol–water partition coefficient (Wildman–Crippen LogP) is 3.60. The van der Waals surface area contributed by atoms with Crippen molar-refractivity contribution in [1.82, 2.24) is 4.98 Å². The molecule has 0 saturated carbocycles. The average molecular weight is 260 g/mol. The summed E-state index contributed by atoms with van der Waals surface area (Å²) in [4.78, 5) is 5.37. The molecule has 86 valence electrons. The predicted molar refractivity (Wildman–Crippen MR) is 74.6 cm³/mol. The highest BCUT2D eigenvalue weighted by molar-refractivity contribution is 7.26. The second-order valence-electron chi connectivity index (χ2n) is 3.97. The van der Waals surface area contributed by atoms with Crippen LogP contribution in [0, 0.1) is 0 Å². The molecule has 0 aliphatic heterocycles. The lowest BCUT2D eigenvalue weighted by molar-refractivity contribution is 0.734. The second-order valence-corrected chi connectivity index (χ2v) is 6.03. The maximum atomic E-state index is 6.24. The van der Waals surface area contributed by atoms with Gasteiger partial charge < -0.3 is 5.73 Å². The molecule has 3 aromatic rings. The summed E-state index contributed by atoms with van der Waals surface area (Å²) < 4.78 is 2.68. The van der Waals surface area contributed by atoms with Crippen molar-refractivity contribution in [3.8, 4) is 0 Å². The Morgan fingerprint density at radius 3 is 3.00 bits per heavy atom. The van der Waals surface area contributed by atoms with Crippen molar-refractivity contribution in [3.05, 3.63) is 52.5 Å². The summed E-state index contributed by atoms with van der Waals surface area (Å²) in [5.41, 5.74) is 7.43. The zero-order chi connectivity index (χ0) is 11.7. The Morgan fingerprint density at radius 2 is 2.24 bits per heavy atom. The zero-order valence-electron chi connectivity index (χ0n) is 9.17. The fourth-order valence-electron chi connectivity index (χ4n) is 1.84. The summed E-state index contributed by atoms with van der Waals surface area (Å²) >= 11 is 3.57. The summed E-state index contributed by atoms with van der Waals surface area (Å²) in [7, 11) is 0. The van der Waals surface area contributed by atoms with E-state index in [1.54, 1.807) is 28.9 Å². The highest BCUT2D eigenvalue weighted by atomic mass is 32.1. The summed E-state index contributed by atoms with van der Waals surface area (Å²) in [6.45, 7) is 0. The van der Waals surface area contributed by atoms with Gasteiger partial charge in [-0.3, -0.25) is 4.98 Å². The van der Waals surface area contributed by atoms with Crippen LogP contribution in [0.5, 0.6) is 0 Å². The summed E-state index contributed by atoms with van der Waals surface area (Å²) in [6, 6.07) is 8.47. The molecule has 0 bridgehead atoms. The van der Waals surface area contributed by atoms with Crippen LogP contribution in [0.3, 0.4) is 0 Å². The van der Waals surface area contributed by atoms with Crippen LogP contribution in [-0.4, -0.2) is 4.98 Å². The SMILES string of the molecule is NC(Cc1cccnc1)c1cc2sccc2s1. The van der Waals surface area contributed by atoms with Crippen molar-refractivity contribution >= 4 is 32.1 Å². The fraction of sp³-hybridized carbons (Fsp3) is 0.154. The minimum Gasteiger partial charge on any atom is -0.323 e. The molecular formula is C13H12N2S2. The smallest absolute Gasteiger partial charge is 0.0454 e. The third-order valence-electron chi connectivity index (χ3n) is 2.70. The maximum Gasteiger partial charge on any atom is 0.0454 e. The largest absolute Gasteiger partial charge is 0.323 e. The molecule has 1 atom stereocenters. The minimum atomic E-state index is 0.0730. The Kier molecular flexibility index (Phi) is 2.93. The third kappa shape index (κ3) is 2.24. The molecule has 2 N–H and O–H groups in total. The third-order valence-corrected chi connectivity index (χ3v) is 4.93. The van der Waals surface area contributed by atoms with E-state index in [9.17, 15) is 0 Å². The van der Waals surface area contributed by atoms with E-state index in [1.807, 2.05) is 12.3 Å². The molecular weight excluding hydrogens is 248 g/mol. The molecule has 1 unspecified atom stereocenters. The van der Waals surface area contributed by atoms with Crippen molar-refractivity contribution < 1.29 is 0 Å². The van der Waals surface area contributed by atoms with Gasteiger partial charge in [-0.05, 0) is 35.6 Å². The number of nitrogens with two attached hydrogens (primary N) is 1. The normalized spacial score (nSPS) is 13.0. The Bertz CT molecular complexity index is 584. The van der Waals surface area contributed by atoms with Crippen molar-refractivity contribution in [2.75, 3.05) is 0 Å². The van der Waals surface area contributed by atoms with Crippen molar-refractivity contribution in [2.45, 2.75) is 12.5 Å². The number of hydrogen-bond acceptors (Lipinski definition) is 4. The highest BCUT2D eigenvalue weighted by Gasteiger charge is 2.11. The van der Waals surface area contributed by atoms with E-state index in [1.165, 1.54) is 19.8 Å². The lowest BCUT2D eigenvalue weighted by atomic mass is 10.1. The first-order chi connectivity index (χ1) is 8.33. The van der Waals surface area contributed by atoms with Gasteiger partial charge in [0.2, 0.25) is 0 Å². The zero-order valence-corrected chi connectivity index (χ0v) is 10.8. The topological polar surface area (TPSA) is 38.9 Å². The van der Waals surface area contributed by atoms with E-state index >= 15 is 0 Å². The molecule has 4 heteroatoms. The molecule has 0 aliphatic carbocycles. The van der Waals surface area contributed by atoms with Gasteiger partial charge in [0.05, 0.1) is 0 Å². The molecule has 0 aromatic carbocycles. The molecule has 3 aromatic heterocycles. The van der Waals surface area contributed by atoms with Gasteiger partial charge >= 0.3 is 0 Å². The van der Waals surface area contributed by atoms with Gasteiger partial charge in [-0.25, -0.2) is 0 Å². The van der Waals surface area contributed by atoms with E-state index in [4.69, 9.17) is 5.73 Å². The lowest BCUT2D eigenvalue weighted by Gasteiger charge is -2.08. The summed E-state index contributed by atoms with van der Waals surface area (Å²) in [5, 5.41) is 2.12. The number of nitrogens with zero attached hydrogens (tertiary/aromatic N) is 1. The first-order valence-corrected chi connectivity index (χ1v) is 7.14. The van der Waals surface area contributed by atoms with Crippen LogP contribution >= 0.6 is 22.7 Å². The van der Waals surface area contributed by atoms with Crippen molar-refractivity contribution in [2.24, 2.45) is 5.73 Å². The standard InChI is InChI=1S/C13H12N2S2/c14-10(6-9-2-1-4-15-8-9)12-7-13-11(17-12)3-5-16-13/h1-5,7-8,10H,6,14H2. The second kappa shape index (κ2) is 4.56. The Hall–Kier alpha value is -1.23. The number of rotatable bonds is 3. The summed E-state index contributed by atoms with van der Waals surface area (Å²) in [5.74, 6) is 0. The quantitative estimate of drug-likeness (QED) is 0.781. The molecule has 0 aliphatic rings.